The van der Waals surface area contributed by atoms with Gasteiger partial charge in [0.2, 0.25) is 0 Å². The van der Waals surface area contributed by atoms with Crippen molar-refractivity contribution in [2.75, 3.05) is 0 Å². The number of esters is 1. The summed E-state index contributed by atoms with van der Waals surface area (Å²) in [5.41, 5.74) is 1.98. The second-order valence-corrected chi connectivity index (χ2v) is 4.45. The second kappa shape index (κ2) is 5.15. The van der Waals surface area contributed by atoms with Crippen LogP contribution in [0.4, 0.5) is 0 Å². The molecule has 0 atom stereocenters. The normalized spacial score (nSPS) is 20.7. The van der Waals surface area contributed by atoms with E-state index >= 15 is 0 Å². The van der Waals surface area contributed by atoms with E-state index in [0.29, 0.717) is 5.57 Å². The number of carbonyl (C=O) groups excluding carboxylic acids is 1. The summed E-state index contributed by atoms with van der Waals surface area (Å²) in [7, 11) is 0. The van der Waals surface area contributed by atoms with Crippen LogP contribution in [0.5, 0.6) is 0 Å². The van der Waals surface area contributed by atoms with E-state index in [4.69, 9.17) is 4.74 Å². The van der Waals surface area contributed by atoms with Crippen LogP contribution in [0, 0.1) is 0 Å². The van der Waals surface area contributed by atoms with Gasteiger partial charge in [-0.1, -0.05) is 11.6 Å². The summed E-state index contributed by atoms with van der Waals surface area (Å²) in [5.74, 6) is 0.652. The third kappa shape index (κ3) is 2.84. The van der Waals surface area contributed by atoms with E-state index in [2.05, 4.69) is 6.08 Å². The number of ether oxygens (including phenoxy) is 1. The molecule has 0 heterocycles. The van der Waals surface area contributed by atoms with Gasteiger partial charge < -0.3 is 4.74 Å². The third-order valence-corrected chi connectivity index (χ3v) is 3.02. The van der Waals surface area contributed by atoms with E-state index in [1.165, 1.54) is 12.0 Å². The Bertz CT molecular complexity index is 372. The highest BCUT2D eigenvalue weighted by atomic mass is 16.5. The fourth-order valence-electron chi connectivity index (χ4n) is 2.10. The maximum atomic E-state index is 11.7. The van der Waals surface area contributed by atoms with Crippen molar-refractivity contribution in [1.82, 2.24) is 0 Å². The van der Waals surface area contributed by atoms with Gasteiger partial charge in [0.15, 0.2) is 0 Å². The zero-order valence-electron chi connectivity index (χ0n) is 9.79. The minimum Gasteiger partial charge on any atom is -0.428 e. The van der Waals surface area contributed by atoms with Crippen LogP contribution in [0.1, 0.15) is 45.4 Å². The molecular weight excluding hydrogens is 200 g/mol. The Morgan fingerprint density at radius 1 is 1.25 bits per heavy atom. The molecule has 0 aliphatic heterocycles. The maximum Gasteiger partial charge on any atom is 0.338 e. The Hall–Kier alpha value is -1.31. The first-order valence-corrected chi connectivity index (χ1v) is 6.04. The molecule has 0 aromatic rings. The molecule has 2 nitrogen and oxygen atoms in total. The maximum absolute atomic E-state index is 11.7. The Morgan fingerprint density at radius 3 is 2.62 bits per heavy atom. The molecule has 0 aromatic carbocycles. The summed E-state index contributed by atoms with van der Waals surface area (Å²) in [4.78, 5) is 11.7. The average Bonchev–Trinajstić information content (AvgIpc) is 2.90. The molecule has 2 heteroatoms. The highest BCUT2D eigenvalue weighted by Crippen LogP contribution is 2.22. The number of rotatable bonds is 3. The zero-order valence-corrected chi connectivity index (χ0v) is 9.79. The van der Waals surface area contributed by atoms with Gasteiger partial charge in [0.25, 0.3) is 0 Å². The van der Waals surface area contributed by atoms with Crippen LogP contribution >= 0.6 is 0 Å². The van der Waals surface area contributed by atoms with Crippen molar-refractivity contribution in [2.24, 2.45) is 0 Å². The van der Waals surface area contributed by atoms with Gasteiger partial charge in [-0.15, -0.1) is 0 Å². The van der Waals surface area contributed by atoms with Crippen molar-refractivity contribution < 1.29 is 9.53 Å². The molecular formula is C14H18O2. The zero-order chi connectivity index (χ0) is 11.4. The molecule has 2 aliphatic carbocycles. The summed E-state index contributed by atoms with van der Waals surface area (Å²) in [6.07, 6.45) is 12.7. The summed E-state index contributed by atoms with van der Waals surface area (Å²) < 4.78 is 5.31. The number of carbonyl (C=O) groups is 1. The summed E-state index contributed by atoms with van der Waals surface area (Å²) >= 11 is 0. The van der Waals surface area contributed by atoms with Crippen molar-refractivity contribution in [3.63, 3.8) is 0 Å². The molecule has 0 bridgehead atoms. The number of allylic oxidation sites excluding steroid dienone is 5. The van der Waals surface area contributed by atoms with Gasteiger partial charge in [0.1, 0.15) is 5.76 Å². The minimum absolute atomic E-state index is 0.194. The van der Waals surface area contributed by atoms with Crippen molar-refractivity contribution in [2.45, 2.75) is 45.4 Å². The molecule has 0 saturated carbocycles. The van der Waals surface area contributed by atoms with Gasteiger partial charge in [-0.05, 0) is 51.2 Å². The van der Waals surface area contributed by atoms with Gasteiger partial charge in [0, 0.05) is 12.0 Å². The van der Waals surface area contributed by atoms with Crippen LogP contribution in [0.15, 0.2) is 35.1 Å². The standard InChI is InChI=1S/C14H18O2/c1-11(10-12-6-2-3-7-12)14(15)16-13-8-4-5-9-13/h6,8,10H,2-5,7,9H2,1H3. The van der Waals surface area contributed by atoms with E-state index in [0.717, 1.165) is 37.9 Å². The second-order valence-electron chi connectivity index (χ2n) is 4.45. The summed E-state index contributed by atoms with van der Waals surface area (Å²) in [6, 6.07) is 0. The van der Waals surface area contributed by atoms with E-state index in [-0.39, 0.29) is 5.97 Å². The fourth-order valence-corrected chi connectivity index (χ4v) is 2.10. The van der Waals surface area contributed by atoms with Crippen LogP contribution in [-0.4, -0.2) is 5.97 Å². The minimum atomic E-state index is -0.194. The van der Waals surface area contributed by atoms with Crippen molar-refractivity contribution >= 4 is 5.97 Å². The van der Waals surface area contributed by atoms with Crippen molar-refractivity contribution in [3.05, 3.63) is 35.1 Å². The van der Waals surface area contributed by atoms with E-state index in [9.17, 15) is 4.79 Å². The van der Waals surface area contributed by atoms with E-state index in [1.54, 1.807) is 0 Å². The highest BCUT2D eigenvalue weighted by molar-refractivity contribution is 5.89. The Morgan fingerprint density at radius 2 is 2.00 bits per heavy atom. The fraction of sp³-hybridized carbons (Fsp3) is 0.500. The predicted octanol–water partition coefficient (Wildman–Crippen LogP) is 3.65. The van der Waals surface area contributed by atoms with E-state index in [1.807, 2.05) is 19.1 Å². The van der Waals surface area contributed by atoms with Gasteiger partial charge in [-0.25, -0.2) is 4.79 Å². The molecule has 0 unspecified atom stereocenters. The van der Waals surface area contributed by atoms with Crippen molar-refractivity contribution in [1.29, 1.82) is 0 Å². The first kappa shape index (κ1) is 11.2. The molecule has 2 aliphatic rings. The van der Waals surface area contributed by atoms with Crippen LogP contribution in [-0.2, 0) is 9.53 Å². The first-order chi connectivity index (χ1) is 7.75. The highest BCUT2D eigenvalue weighted by Gasteiger charge is 2.13. The largest absolute Gasteiger partial charge is 0.428 e. The van der Waals surface area contributed by atoms with Gasteiger partial charge >= 0.3 is 5.97 Å². The van der Waals surface area contributed by atoms with Crippen LogP contribution in [0.25, 0.3) is 0 Å². The van der Waals surface area contributed by atoms with Gasteiger partial charge in [-0.3, -0.25) is 0 Å². The molecule has 0 spiro atoms. The Kier molecular flexibility index (Phi) is 3.60. The number of hydrogen-bond donors (Lipinski definition) is 0. The van der Waals surface area contributed by atoms with Crippen molar-refractivity contribution in [3.8, 4) is 0 Å². The Labute approximate surface area is 96.7 Å². The molecule has 0 aromatic heterocycles. The lowest BCUT2D eigenvalue weighted by atomic mass is 10.1. The lowest BCUT2D eigenvalue weighted by Crippen LogP contribution is -2.04. The third-order valence-electron chi connectivity index (χ3n) is 3.02. The molecule has 0 radical (unpaired) electrons. The summed E-state index contributed by atoms with van der Waals surface area (Å²) in [6.45, 7) is 1.83. The molecule has 16 heavy (non-hydrogen) atoms. The predicted molar refractivity (Wildman–Crippen MR) is 63.7 cm³/mol. The molecule has 86 valence electrons. The SMILES string of the molecule is CC(=CC1=CCCC1)C(=O)OC1=CCCC1. The molecule has 0 amide bonds. The molecule has 0 fully saturated rings. The molecule has 0 saturated heterocycles. The summed E-state index contributed by atoms with van der Waals surface area (Å²) in [5, 5.41) is 0. The van der Waals surface area contributed by atoms with Crippen LogP contribution < -0.4 is 0 Å². The van der Waals surface area contributed by atoms with Gasteiger partial charge in [-0.2, -0.15) is 0 Å². The Balaban J connectivity index is 1.93. The lowest BCUT2D eigenvalue weighted by molar-refractivity contribution is -0.135. The smallest absolute Gasteiger partial charge is 0.338 e. The molecule has 2 rings (SSSR count). The average molecular weight is 218 g/mol. The number of hydrogen-bond acceptors (Lipinski definition) is 2. The molecule has 0 N–H and O–H groups in total. The van der Waals surface area contributed by atoms with Gasteiger partial charge in [0.05, 0.1) is 0 Å². The topological polar surface area (TPSA) is 26.3 Å². The quantitative estimate of drug-likeness (QED) is 0.534. The van der Waals surface area contributed by atoms with E-state index < -0.39 is 0 Å². The van der Waals surface area contributed by atoms with Crippen LogP contribution in [0.2, 0.25) is 0 Å². The lowest BCUT2D eigenvalue weighted by Gasteiger charge is -2.05. The monoisotopic (exact) mass is 218 g/mol. The van der Waals surface area contributed by atoms with Crippen LogP contribution in [0.3, 0.4) is 0 Å². The first-order valence-electron chi connectivity index (χ1n) is 6.04.